The number of rotatable bonds is 7. The van der Waals surface area contributed by atoms with Crippen LogP contribution in [-0.4, -0.2) is 38.0 Å². The molecule has 5 nitrogen and oxygen atoms in total. The van der Waals surface area contributed by atoms with Crippen LogP contribution in [-0.2, 0) is 25.6 Å². The summed E-state index contributed by atoms with van der Waals surface area (Å²) >= 11 is 0. The van der Waals surface area contributed by atoms with E-state index in [-0.39, 0.29) is 12.1 Å². The molecule has 1 aromatic carbocycles. The molecule has 5 heteroatoms. The van der Waals surface area contributed by atoms with Crippen molar-refractivity contribution in [3.05, 3.63) is 41.0 Å². The van der Waals surface area contributed by atoms with Crippen molar-refractivity contribution in [2.24, 2.45) is 0 Å². The summed E-state index contributed by atoms with van der Waals surface area (Å²) in [5, 5.41) is 0. The second kappa shape index (κ2) is 6.95. The lowest BCUT2D eigenvalue weighted by Crippen LogP contribution is -2.38. The van der Waals surface area contributed by atoms with Crippen LogP contribution in [0.15, 0.2) is 35.4 Å². The number of hydrogen-bond acceptors (Lipinski definition) is 5. The molecule has 0 saturated carbocycles. The molecule has 2 bridgehead atoms. The van der Waals surface area contributed by atoms with Crippen LogP contribution in [0.5, 0.6) is 5.75 Å². The lowest BCUT2D eigenvalue weighted by atomic mass is 9.83. The Labute approximate surface area is 142 Å². The first-order chi connectivity index (χ1) is 11.6. The zero-order valence-electron chi connectivity index (χ0n) is 14.5. The molecule has 0 amide bonds. The molecule has 0 aliphatic carbocycles. The zero-order chi connectivity index (χ0) is 17.2. The lowest BCUT2D eigenvalue weighted by molar-refractivity contribution is -0.142. The molecular weight excluding hydrogens is 308 g/mol. The van der Waals surface area contributed by atoms with Gasteiger partial charge in [-0.05, 0) is 50.0 Å². The van der Waals surface area contributed by atoms with Gasteiger partial charge in [-0.2, -0.15) is 0 Å². The molecule has 0 spiro atoms. The smallest absolute Gasteiger partial charge is 0.337 e. The van der Waals surface area contributed by atoms with E-state index in [1.54, 1.807) is 7.11 Å². The van der Waals surface area contributed by atoms with E-state index in [4.69, 9.17) is 18.9 Å². The zero-order valence-corrected chi connectivity index (χ0v) is 14.5. The van der Waals surface area contributed by atoms with Crippen LogP contribution in [0.3, 0.4) is 0 Å². The van der Waals surface area contributed by atoms with Crippen molar-refractivity contribution in [3.8, 4) is 5.75 Å². The van der Waals surface area contributed by atoms with Gasteiger partial charge >= 0.3 is 5.97 Å². The van der Waals surface area contributed by atoms with Gasteiger partial charge in [0, 0.05) is 0 Å². The molecule has 0 radical (unpaired) electrons. The minimum Gasteiger partial charge on any atom is -0.497 e. The highest BCUT2D eigenvalue weighted by Crippen LogP contribution is 2.48. The first kappa shape index (κ1) is 17.0. The Hall–Kier alpha value is -1.85. The van der Waals surface area contributed by atoms with Crippen LogP contribution in [0, 0.1) is 0 Å². The molecule has 0 N–H and O–H groups in total. The SMILES string of the molecule is CCOC(=O)C1=C(C)[C@@H]2CC[C@@]1(COCc1ccc(OC)cc1)O2. The molecule has 24 heavy (non-hydrogen) atoms. The van der Waals surface area contributed by atoms with E-state index >= 15 is 0 Å². The van der Waals surface area contributed by atoms with Crippen LogP contribution < -0.4 is 4.74 Å². The van der Waals surface area contributed by atoms with Crippen molar-refractivity contribution in [3.63, 3.8) is 0 Å². The summed E-state index contributed by atoms with van der Waals surface area (Å²) in [6, 6.07) is 7.75. The number of carbonyl (C=O) groups excluding carboxylic acids is 1. The average molecular weight is 332 g/mol. The maximum absolute atomic E-state index is 12.3. The number of esters is 1. The van der Waals surface area contributed by atoms with Gasteiger partial charge in [-0.25, -0.2) is 4.79 Å². The highest BCUT2D eigenvalue weighted by atomic mass is 16.6. The molecule has 0 aromatic heterocycles. The Morgan fingerprint density at radius 3 is 2.75 bits per heavy atom. The summed E-state index contributed by atoms with van der Waals surface area (Å²) < 4.78 is 22.4. The number of ether oxygens (including phenoxy) is 4. The Kier molecular flexibility index (Phi) is 4.92. The molecule has 1 saturated heterocycles. The fourth-order valence-corrected chi connectivity index (χ4v) is 3.55. The fraction of sp³-hybridized carbons (Fsp3) is 0.526. The van der Waals surface area contributed by atoms with Crippen molar-refractivity contribution in [1.29, 1.82) is 0 Å². The average Bonchev–Trinajstić information content (AvgIpc) is 3.12. The van der Waals surface area contributed by atoms with E-state index in [2.05, 4.69) is 0 Å². The number of fused-ring (bicyclic) bond motifs is 2. The predicted octanol–water partition coefficient (Wildman–Crippen LogP) is 3.02. The molecule has 1 aromatic rings. The second-order valence-corrected chi connectivity index (χ2v) is 6.26. The minimum atomic E-state index is -0.645. The van der Waals surface area contributed by atoms with Gasteiger partial charge in [0.15, 0.2) is 0 Å². The molecule has 3 rings (SSSR count). The fourth-order valence-electron chi connectivity index (χ4n) is 3.55. The first-order valence-electron chi connectivity index (χ1n) is 8.36. The quantitative estimate of drug-likeness (QED) is 0.719. The van der Waals surface area contributed by atoms with Crippen molar-refractivity contribution in [2.45, 2.75) is 45.0 Å². The summed E-state index contributed by atoms with van der Waals surface area (Å²) in [4.78, 5) is 12.3. The van der Waals surface area contributed by atoms with E-state index < -0.39 is 5.60 Å². The van der Waals surface area contributed by atoms with Gasteiger partial charge in [0.2, 0.25) is 0 Å². The summed E-state index contributed by atoms with van der Waals surface area (Å²) in [5.41, 5.74) is 2.06. The van der Waals surface area contributed by atoms with Gasteiger partial charge in [-0.1, -0.05) is 12.1 Å². The third kappa shape index (κ3) is 3.06. The summed E-state index contributed by atoms with van der Waals surface area (Å²) in [5.74, 6) is 0.545. The minimum absolute atomic E-state index is 0.0222. The monoisotopic (exact) mass is 332 g/mol. The normalized spacial score (nSPS) is 25.2. The van der Waals surface area contributed by atoms with E-state index in [1.165, 1.54) is 0 Å². The molecular formula is C19H24O5. The lowest BCUT2D eigenvalue weighted by Gasteiger charge is -2.27. The highest BCUT2D eigenvalue weighted by molar-refractivity contribution is 5.93. The third-order valence-electron chi connectivity index (χ3n) is 4.75. The number of hydrogen-bond donors (Lipinski definition) is 0. The van der Waals surface area contributed by atoms with Crippen LogP contribution in [0.1, 0.15) is 32.3 Å². The van der Waals surface area contributed by atoms with E-state index in [9.17, 15) is 4.79 Å². The molecule has 2 aliphatic rings. The summed E-state index contributed by atoms with van der Waals surface area (Å²) in [6.07, 6.45) is 1.75. The van der Waals surface area contributed by atoms with Crippen LogP contribution >= 0.6 is 0 Å². The maximum atomic E-state index is 12.3. The molecule has 130 valence electrons. The largest absolute Gasteiger partial charge is 0.497 e. The molecule has 1 fully saturated rings. The number of benzene rings is 1. The van der Waals surface area contributed by atoms with Crippen molar-refractivity contribution in [2.75, 3.05) is 20.3 Å². The Morgan fingerprint density at radius 1 is 1.33 bits per heavy atom. The van der Waals surface area contributed by atoms with E-state index in [0.29, 0.717) is 25.4 Å². The van der Waals surface area contributed by atoms with Gasteiger partial charge in [-0.3, -0.25) is 0 Å². The maximum Gasteiger partial charge on any atom is 0.337 e. The number of methoxy groups -OCH3 is 1. The van der Waals surface area contributed by atoms with Gasteiger partial charge in [0.1, 0.15) is 11.4 Å². The summed E-state index contributed by atoms with van der Waals surface area (Å²) in [6.45, 7) is 4.97. The molecule has 2 aliphatic heterocycles. The Balaban J connectivity index is 1.65. The first-order valence-corrected chi connectivity index (χ1v) is 8.36. The van der Waals surface area contributed by atoms with E-state index in [0.717, 1.165) is 29.7 Å². The van der Waals surface area contributed by atoms with Gasteiger partial charge < -0.3 is 18.9 Å². The highest BCUT2D eigenvalue weighted by Gasteiger charge is 2.54. The summed E-state index contributed by atoms with van der Waals surface area (Å²) in [7, 11) is 1.64. The molecule has 2 atom stereocenters. The van der Waals surface area contributed by atoms with Crippen molar-refractivity contribution in [1.82, 2.24) is 0 Å². The Bertz CT molecular complexity index is 634. The predicted molar refractivity (Wildman–Crippen MR) is 88.8 cm³/mol. The van der Waals surface area contributed by atoms with Crippen molar-refractivity contribution < 1.29 is 23.7 Å². The Morgan fingerprint density at radius 2 is 2.08 bits per heavy atom. The van der Waals surface area contributed by atoms with E-state index in [1.807, 2.05) is 38.1 Å². The van der Waals surface area contributed by atoms with Gasteiger partial charge in [-0.15, -0.1) is 0 Å². The molecule has 0 unspecified atom stereocenters. The van der Waals surface area contributed by atoms with Crippen LogP contribution in [0.4, 0.5) is 0 Å². The third-order valence-corrected chi connectivity index (χ3v) is 4.75. The number of carbonyl (C=O) groups is 1. The topological polar surface area (TPSA) is 54.0 Å². The van der Waals surface area contributed by atoms with Crippen molar-refractivity contribution >= 4 is 5.97 Å². The molecule has 2 heterocycles. The van der Waals surface area contributed by atoms with Crippen LogP contribution in [0.2, 0.25) is 0 Å². The van der Waals surface area contributed by atoms with Gasteiger partial charge in [0.05, 0.1) is 38.6 Å². The van der Waals surface area contributed by atoms with Gasteiger partial charge in [0.25, 0.3) is 0 Å². The standard InChI is InChI=1S/C19H24O5/c1-4-23-18(20)17-13(2)16-9-10-19(17,24-16)12-22-11-14-5-7-15(21-3)8-6-14/h5-8,16H,4,9-12H2,1-3H3/t16-,19-/m0/s1. The second-order valence-electron chi connectivity index (χ2n) is 6.26. The van der Waals surface area contributed by atoms with Crippen LogP contribution in [0.25, 0.3) is 0 Å².